The molecule has 0 unspecified atom stereocenters. The number of benzene rings is 2. The lowest BCUT2D eigenvalue weighted by Crippen LogP contribution is -2.01. The van der Waals surface area contributed by atoms with Crippen molar-refractivity contribution in [3.05, 3.63) is 77.5 Å². The van der Waals surface area contributed by atoms with Crippen LogP contribution in [-0.4, -0.2) is 19.0 Å². The van der Waals surface area contributed by atoms with Crippen LogP contribution in [0.15, 0.2) is 71.4 Å². The molecule has 0 radical (unpaired) electrons. The van der Waals surface area contributed by atoms with E-state index in [1.165, 1.54) is 0 Å². The summed E-state index contributed by atoms with van der Waals surface area (Å²) >= 11 is 0. The number of carbonyl (C=O) groups excluding carboxylic acids is 1. The Balaban J connectivity index is 1.77. The summed E-state index contributed by atoms with van der Waals surface area (Å²) < 4.78 is 10.2. The maximum absolute atomic E-state index is 11.9. The van der Waals surface area contributed by atoms with Crippen LogP contribution in [0.5, 0.6) is 5.75 Å². The van der Waals surface area contributed by atoms with E-state index in [9.17, 15) is 4.79 Å². The van der Waals surface area contributed by atoms with Crippen LogP contribution in [0.25, 0.3) is 12.2 Å². The number of rotatable bonds is 4. The largest absolute Gasteiger partial charge is 0.497 e. The summed E-state index contributed by atoms with van der Waals surface area (Å²) in [5, 5.41) is 0. The van der Waals surface area contributed by atoms with Gasteiger partial charge in [-0.1, -0.05) is 42.5 Å². The van der Waals surface area contributed by atoms with Crippen molar-refractivity contribution in [2.24, 2.45) is 4.99 Å². The quantitative estimate of drug-likeness (QED) is 0.639. The Hall–Kier alpha value is -3.14. The Bertz CT molecular complexity index is 787. The molecule has 0 atom stereocenters. The zero-order chi connectivity index (χ0) is 16.1. The molecule has 1 aliphatic heterocycles. The van der Waals surface area contributed by atoms with Crippen LogP contribution in [0, 0.1) is 0 Å². The molecule has 1 aliphatic rings. The third kappa shape index (κ3) is 3.74. The zero-order valence-electron chi connectivity index (χ0n) is 12.6. The third-order valence-electron chi connectivity index (χ3n) is 3.27. The first-order valence-electron chi connectivity index (χ1n) is 7.14. The van der Waals surface area contributed by atoms with E-state index in [-0.39, 0.29) is 5.70 Å². The highest BCUT2D eigenvalue weighted by Crippen LogP contribution is 2.18. The van der Waals surface area contributed by atoms with E-state index in [0.717, 1.165) is 16.9 Å². The molecular formula is C19H15NO3. The van der Waals surface area contributed by atoms with E-state index in [2.05, 4.69) is 4.99 Å². The monoisotopic (exact) mass is 305 g/mol. The summed E-state index contributed by atoms with van der Waals surface area (Å²) in [5.74, 6) is 0.600. The number of hydrogen-bond donors (Lipinski definition) is 0. The van der Waals surface area contributed by atoms with Gasteiger partial charge >= 0.3 is 5.97 Å². The van der Waals surface area contributed by atoms with Gasteiger partial charge in [-0.3, -0.25) is 0 Å². The van der Waals surface area contributed by atoms with E-state index >= 15 is 0 Å². The first-order chi connectivity index (χ1) is 11.2. The van der Waals surface area contributed by atoms with E-state index in [1.807, 2.05) is 60.7 Å². The predicted octanol–water partition coefficient (Wildman–Crippen LogP) is 3.70. The van der Waals surface area contributed by atoms with Crippen LogP contribution in [0.2, 0.25) is 0 Å². The Morgan fingerprint density at radius 2 is 1.70 bits per heavy atom. The molecule has 0 aromatic heterocycles. The molecule has 0 saturated carbocycles. The molecule has 2 aromatic rings. The van der Waals surface area contributed by atoms with E-state index in [1.54, 1.807) is 19.3 Å². The zero-order valence-corrected chi connectivity index (χ0v) is 12.6. The highest BCUT2D eigenvalue weighted by atomic mass is 16.6. The molecule has 0 bridgehead atoms. The maximum atomic E-state index is 11.9. The molecule has 0 N–H and O–H groups in total. The fourth-order valence-corrected chi connectivity index (χ4v) is 2.09. The van der Waals surface area contributed by atoms with Gasteiger partial charge in [0.05, 0.1) is 7.11 Å². The number of esters is 1. The SMILES string of the molecule is COc1ccc(/C=C2N=C(/C=C/c3ccccc3)OC\2=O)cc1. The molecule has 2 aromatic carbocycles. The molecule has 0 saturated heterocycles. The molecular weight excluding hydrogens is 290 g/mol. The second kappa shape index (κ2) is 6.75. The molecule has 114 valence electrons. The lowest BCUT2D eigenvalue weighted by molar-refractivity contribution is -0.129. The highest BCUT2D eigenvalue weighted by Gasteiger charge is 2.20. The molecule has 4 nitrogen and oxygen atoms in total. The van der Waals surface area contributed by atoms with Crippen LogP contribution < -0.4 is 4.74 Å². The summed E-state index contributed by atoms with van der Waals surface area (Å²) in [4.78, 5) is 16.1. The Labute approximate surface area is 134 Å². The van der Waals surface area contributed by atoms with Crippen molar-refractivity contribution in [2.45, 2.75) is 0 Å². The second-order valence-electron chi connectivity index (χ2n) is 4.89. The summed E-state index contributed by atoms with van der Waals surface area (Å²) in [5.41, 5.74) is 2.15. The molecule has 3 rings (SSSR count). The molecule has 4 heteroatoms. The third-order valence-corrected chi connectivity index (χ3v) is 3.27. The van der Waals surface area contributed by atoms with Crippen LogP contribution >= 0.6 is 0 Å². The molecule has 1 heterocycles. The number of ether oxygens (including phenoxy) is 2. The van der Waals surface area contributed by atoms with E-state index < -0.39 is 5.97 Å². The average Bonchev–Trinajstić information content (AvgIpc) is 2.94. The fourth-order valence-electron chi connectivity index (χ4n) is 2.09. The van der Waals surface area contributed by atoms with E-state index in [4.69, 9.17) is 9.47 Å². The van der Waals surface area contributed by atoms with Gasteiger partial charge in [-0.15, -0.1) is 0 Å². The van der Waals surface area contributed by atoms with Crippen molar-refractivity contribution in [1.82, 2.24) is 0 Å². The first kappa shape index (κ1) is 14.8. The standard InChI is InChI=1S/C19H15NO3/c1-22-16-10-7-15(8-11-16)13-17-19(21)23-18(20-17)12-9-14-5-3-2-4-6-14/h2-13H,1H3/b12-9+,17-13-. The molecule has 0 aliphatic carbocycles. The lowest BCUT2D eigenvalue weighted by Gasteiger charge is -1.99. The summed E-state index contributed by atoms with van der Waals surface area (Å²) in [6, 6.07) is 17.1. The first-order valence-corrected chi connectivity index (χ1v) is 7.14. The Kier molecular flexibility index (Phi) is 4.34. The lowest BCUT2D eigenvalue weighted by atomic mass is 10.2. The van der Waals surface area contributed by atoms with Gasteiger partial charge in [-0.25, -0.2) is 9.79 Å². The van der Waals surface area contributed by atoms with Gasteiger partial charge in [-0.2, -0.15) is 0 Å². The molecule has 0 spiro atoms. The van der Waals surface area contributed by atoms with Crippen molar-refractivity contribution >= 4 is 24.0 Å². The Morgan fingerprint density at radius 3 is 2.39 bits per heavy atom. The van der Waals surface area contributed by atoms with Gasteiger partial charge in [-0.05, 0) is 35.4 Å². The molecule has 0 fully saturated rings. The number of nitrogens with zero attached hydrogens (tertiary/aromatic N) is 1. The number of hydrogen-bond acceptors (Lipinski definition) is 4. The number of carbonyl (C=O) groups is 1. The van der Waals surface area contributed by atoms with Crippen LogP contribution in [0.4, 0.5) is 0 Å². The average molecular weight is 305 g/mol. The van der Waals surface area contributed by atoms with Gasteiger partial charge in [0.15, 0.2) is 5.70 Å². The van der Waals surface area contributed by atoms with Crippen molar-refractivity contribution < 1.29 is 14.3 Å². The van der Waals surface area contributed by atoms with Gasteiger partial charge in [0, 0.05) is 6.08 Å². The normalized spacial score (nSPS) is 15.8. The van der Waals surface area contributed by atoms with Crippen LogP contribution in [0.3, 0.4) is 0 Å². The summed E-state index contributed by atoms with van der Waals surface area (Å²) in [7, 11) is 1.61. The van der Waals surface area contributed by atoms with Crippen LogP contribution in [0.1, 0.15) is 11.1 Å². The number of methoxy groups -OCH3 is 1. The van der Waals surface area contributed by atoms with Gasteiger partial charge in [0.25, 0.3) is 0 Å². The van der Waals surface area contributed by atoms with Gasteiger partial charge in [0.1, 0.15) is 5.75 Å². The minimum Gasteiger partial charge on any atom is -0.497 e. The Morgan fingerprint density at radius 1 is 0.957 bits per heavy atom. The maximum Gasteiger partial charge on any atom is 0.363 e. The topological polar surface area (TPSA) is 47.9 Å². The number of cyclic esters (lactones) is 1. The fraction of sp³-hybridized carbons (Fsp3) is 0.0526. The molecule has 23 heavy (non-hydrogen) atoms. The van der Waals surface area contributed by atoms with E-state index in [0.29, 0.717) is 5.90 Å². The minimum absolute atomic E-state index is 0.280. The summed E-state index contributed by atoms with van der Waals surface area (Å²) in [6.45, 7) is 0. The van der Waals surface area contributed by atoms with Crippen molar-refractivity contribution in [1.29, 1.82) is 0 Å². The minimum atomic E-state index is -0.450. The predicted molar refractivity (Wildman–Crippen MR) is 90.0 cm³/mol. The van der Waals surface area contributed by atoms with Crippen molar-refractivity contribution in [3.63, 3.8) is 0 Å². The highest BCUT2D eigenvalue weighted by molar-refractivity contribution is 6.11. The molecule has 0 amide bonds. The smallest absolute Gasteiger partial charge is 0.363 e. The van der Waals surface area contributed by atoms with Crippen molar-refractivity contribution in [3.8, 4) is 5.75 Å². The van der Waals surface area contributed by atoms with Gasteiger partial charge < -0.3 is 9.47 Å². The number of aliphatic imine (C=N–C) groups is 1. The van der Waals surface area contributed by atoms with Crippen molar-refractivity contribution in [2.75, 3.05) is 7.11 Å². The van der Waals surface area contributed by atoms with Gasteiger partial charge in [0.2, 0.25) is 5.90 Å². The second-order valence-corrected chi connectivity index (χ2v) is 4.89. The van der Waals surface area contributed by atoms with Crippen LogP contribution in [-0.2, 0) is 9.53 Å². The summed E-state index contributed by atoms with van der Waals surface area (Å²) in [6.07, 6.45) is 5.22.